The Kier molecular flexibility index (Phi) is 6.17. The van der Waals surface area contributed by atoms with Crippen LogP contribution in [0.1, 0.15) is 28.7 Å². The minimum Gasteiger partial charge on any atom is -0.377 e. The molecule has 0 heterocycles. The molecule has 29 heavy (non-hydrogen) atoms. The molecule has 0 bridgehead atoms. The van der Waals surface area contributed by atoms with E-state index < -0.39 is 23.5 Å². The van der Waals surface area contributed by atoms with Crippen LogP contribution >= 0.6 is 0 Å². The molecular formula is C22H18F6O. The summed E-state index contributed by atoms with van der Waals surface area (Å²) in [5.41, 5.74) is -1.73. The van der Waals surface area contributed by atoms with Crippen LogP contribution in [-0.4, -0.2) is 6.61 Å². The average molecular weight is 412 g/mol. The van der Waals surface area contributed by atoms with E-state index in [1.54, 1.807) is 0 Å². The van der Waals surface area contributed by atoms with Crippen LogP contribution in [0.5, 0.6) is 0 Å². The molecule has 0 unspecified atom stereocenters. The topological polar surface area (TPSA) is 9.23 Å². The summed E-state index contributed by atoms with van der Waals surface area (Å²) in [5, 5.41) is 2.23. The largest absolute Gasteiger partial charge is 0.416 e. The van der Waals surface area contributed by atoms with Crippen molar-refractivity contribution >= 4 is 10.8 Å². The van der Waals surface area contributed by atoms with Crippen molar-refractivity contribution in [2.45, 2.75) is 31.8 Å². The van der Waals surface area contributed by atoms with Gasteiger partial charge in [-0.1, -0.05) is 42.5 Å². The van der Waals surface area contributed by atoms with Crippen molar-refractivity contribution < 1.29 is 31.1 Å². The fourth-order valence-electron chi connectivity index (χ4n) is 3.07. The molecule has 0 saturated heterocycles. The molecule has 154 valence electrons. The zero-order chi connectivity index (χ0) is 21.1. The summed E-state index contributed by atoms with van der Waals surface area (Å²) in [6.45, 7) is -0.0882. The maximum Gasteiger partial charge on any atom is 0.416 e. The summed E-state index contributed by atoms with van der Waals surface area (Å²) in [4.78, 5) is 0. The van der Waals surface area contributed by atoms with Gasteiger partial charge in [0.1, 0.15) is 0 Å². The van der Waals surface area contributed by atoms with Crippen molar-refractivity contribution in [3.63, 3.8) is 0 Å². The first-order chi connectivity index (χ1) is 13.6. The zero-order valence-corrected chi connectivity index (χ0v) is 15.3. The van der Waals surface area contributed by atoms with Gasteiger partial charge >= 0.3 is 12.4 Å². The van der Waals surface area contributed by atoms with E-state index in [0.29, 0.717) is 25.0 Å². The number of rotatable bonds is 6. The van der Waals surface area contributed by atoms with Crippen molar-refractivity contribution in [2.75, 3.05) is 6.61 Å². The van der Waals surface area contributed by atoms with E-state index in [-0.39, 0.29) is 24.8 Å². The van der Waals surface area contributed by atoms with Gasteiger partial charge in [-0.25, -0.2) is 0 Å². The number of aryl methyl sites for hydroxylation is 1. The van der Waals surface area contributed by atoms with E-state index in [9.17, 15) is 26.3 Å². The van der Waals surface area contributed by atoms with Gasteiger partial charge in [0.15, 0.2) is 0 Å². The summed E-state index contributed by atoms with van der Waals surface area (Å²) in [5.74, 6) is 0. The van der Waals surface area contributed by atoms with Crippen LogP contribution in [0.2, 0.25) is 0 Å². The molecule has 1 nitrogen and oxygen atoms in total. The van der Waals surface area contributed by atoms with Crippen molar-refractivity contribution in [1.29, 1.82) is 0 Å². The molecule has 0 fully saturated rings. The number of hydrogen-bond donors (Lipinski definition) is 0. The molecule has 0 aliphatic heterocycles. The molecular weight excluding hydrogens is 394 g/mol. The minimum absolute atomic E-state index is 0.114. The minimum atomic E-state index is -4.86. The van der Waals surface area contributed by atoms with Crippen LogP contribution < -0.4 is 0 Å². The lowest BCUT2D eigenvalue weighted by Gasteiger charge is -2.14. The molecule has 0 aliphatic carbocycles. The van der Waals surface area contributed by atoms with Crippen molar-refractivity contribution in [2.24, 2.45) is 0 Å². The molecule has 0 aromatic heterocycles. The highest BCUT2D eigenvalue weighted by Crippen LogP contribution is 2.36. The highest BCUT2D eigenvalue weighted by atomic mass is 19.4. The Bertz CT molecular complexity index is 943. The molecule has 0 N–H and O–H groups in total. The summed E-state index contributed by atoms with van der Waals surface area (Å²) >= 11 is 0. The van der Waals surface area contributed by atoms with E-state index in [4.69, 9.17) is 4.74 Å². The van der Waals surface area contributed by atoms with Crippen LogP contribution in [0.25, 0.3) is 10.8 Å². The van der Waals surface area contributed by atoms with Crippen LogP contribution in [0.15, 0.2) is 60.7 Å². The Balaban J connectivity index is 1.58. The Labute approximate surface area is 163 Å². The summed E-state index contributed by atoms with van der Waals surface area (Å²) in [6.07, 6.45) is -8.41. The summed E-state index contributed by atoms with van der Waals surface area (Å²) < 4.78 is 82.5. The Morgan fingerprint density at radius 3 is 1.90 bits per heavy atom. The zero-order valence-electron chi connectivity index (χ0n) is 15.3. The predicted octanol–water partition coefficient (Wildman–Crippen LogP) is 7.03. The maximum absolute atomic E-state index is 12.9. The lowest BCUT2D eigenvalue weighted by atomic mass is 10.0. The third-order valence-corrected chi connectivity index (χ3v) is 4.48. The number of halogens is 6. The average Bonchev–Trinajstić information content (AvgIpc) is 2.66. The number of alkyl halides is 6. The van der Waals surface area contributed by atoms with Crippen molar-refractivity contribution in [3.05, 3.63) is 82.9 Å². The number of ether oxygens (including phenoxy) is 1. The lowest BCUT2D eigenvalue weighted by molar-refractivity contribution is -0.143. The van der Waals surface area contributed by atoms with E-state index in [2.05, 4.69) is 6.07 Å². The van der Waals surface area contributed by atoms with E-state index in [1.807, 2.05) is 36.4 Å². The number of fused-ring (bicyclic) bond motifs is 1. The van der Waals surface area contributed by atoms with Gasteiger partial charge in [0.2, 0.25) is 0 Å². The Hall–Kier alpha value is -2.54. The molecule has 0 amide bonds. The first kappa shape index (κ1) is 21.2. The molecule has 0 aliphatic rings. The quantitative estimate of drug-likeness (QED) is 0.312. The van der Waals surface area contributed by atoms with Gasteiger partial charge in [0.05, 0.1) is 17.7 Å². The fourth-order valence-corrected chi connectivity index (χ4v) is 3.07. The van der Waals surface area contributed by atoms with E-state index in [0.717, 1.165) is 16.3 Å². The van der Waals surface area contributed by atoms with Gasteiger partial charge in [-0.2, -0.15) is 26.3 Å². The van der Waals surface area contributed by atoms with Crippen LogP contribution in [-0.2, 0) is 30.1 Å². The van der Waals surface area contributed by atoms with Gasteiger partial charge in [-0.05, 0) is 52.9 Å². The van der Waals surface area contributed by atoms with Crippen LogP contribution in [0.4, 0.5) is 26.3 Å². The summed E-state index contributed by atoms with van der Waals surface area (Å²) in [6, 6.07) is 15.5. The molecule has 0 saturated carbocycles. The highest BCUT2D eigenvalue weighted by molar-refractivity contribution is 5.82. The maximum atomic E-state index is 12.9. The Morgan fingerprint density at radius 1 is 0.655 bits per heavy atom. The highest BCUT2D eigenvalue weighted by Gasteiger charge is 2.36. The fraction of sp³-hybridized carbons (Fsp3) is 0.273. The van der Waals surface area contributed by atoms with Crippen molar-refractivity contribution in [3.8, 4) is 0 Å². The van der Waals surface area contributed by atoms with Crippen LogP contribution in [0, 0.1) is 0 Å². The van der Waals surface area contributed by atoms with Crippen LogP contribution in [0.3, 0.4) is 0 Å². The smallest absolute Gasteiger partial charge is 0.377 e. The Morgan fingerprint density at radius 2 is 1.28 bits per heavy atom. The SMILES string of the molecule is FC(F)(F)c1cc(COCCCc2ccc3ccccc3c2)cc(C(F)(F)F)c1. The second-order valence-electron chi connectivity index (χ2n) is 6.75. The second kappa shape index (κ2) is 8.45. The van der Waals surface area contributed by atoms with Gasteiger partial charge < -0.3 is 4.74 Å². The molecule has 0 radical (unpaired) electrons. The lowest BCUT2D eigenvalue weighted by Crippen LogP contribution is -2.12. The van der Waals surface area contributed by atoms with Gasteiger partial charge in [0.25, 0.3) is 0 Å². The van der Waals surface area contributed by atoms with Gasteiger partial charge in [-0.3, -0.25) is 0 Å². The third kappa shape index (κ3) is 5.73. The molecule has 7 heteroatoms. The number of hydrogen-bond acceptors (Lipinski definition) is 1. The molecule has 3 aromatic carbocycles. The van der Waals surface area contributed by atoms with E-state index in [1.165, 1.54) is 0 Å². The first-order valence-electron chi connectivity index (χ1n) is 8.97. The number of benzene rings is 3. The third-order valence-electron chi connectivity index (χ3n) is 4.48. The monoisotopic (exact) mass is 412 g/mol. The predicted molar refractivity (Wildman–Crippen MR) is 98.4 cm³/mol. The standard InChI is InChI=1S/C22H18F6O/c23-21(24,25)19-11-16(12-20(13-19)22(26,27)28)14-29-9-3-4-15-7-8-17-5-1-2-6-18(17)10-15/h1-2,5-8,10-13H,3-4,9,14H2. The molecule has 3 aromatic rings. The van der Waals surface area contributed by atoms with Crippen molar-refractivity contribution in [1.82, 2.24) is 0 Å². The normalized spacial score (nSPS) is 12.5. The summed E-state index contributed by atoms with van der Waals surface area (Å²) in [7, 11) is 0. The van der Waals surface area contributed by atoms with Gasteiger partial charge in [0, 0.05) is 6.61 Å². The molecule has 3 rings (SSSR count). The van der Waals surface area contributed by atoms with E-state index >= 15 is 0 Å². The second-order valence-corrected chi connectivity index (χ2v) is 6.75. The first-order valence-corrected chi connectivity index (χ1v) is 8.97. The molecule has 0 atom stereocenters. The molecule has 0 spiro atoms. The van der Waals surface area contributed by atoms with Gasteiger partial charge in [-0.15, -0.1) is 0 Å².